The van der Waals surface area contributed by atoms with Gasteiger partial charge >= 0.3 is 5.97 Å². The van der Waals surface area contributed by atoms with Gasteiger partial charge < -0.3 is 9.64 Å². The molecular formula is C18H26N2O3. The van der Waals surface area contributed by atoms with Gasteiger partial charge in [-0.3, -0.25) is 14.5 Å². The fourth-order valence-corrected chi connectivity index (χ4v) is 2.87. The van der Waals surface area contributed by atoms with Crippen LogP contribution in [-0.2, 0) is 20.9 Å². The van der Waals surface area contributed by atoms with E-state index in [1.807, 2.05) is 40.1 Å². The standard InChI is InChI=1S/C18H26N2O3/c1-23-18(22)15-19(13-16-9-5-4-6-10-16)14-17(21)20-11-7-2-3-8-12-20/h4-6,9-10H,2-3,7-8,11-15H2,1H3. The Bertz CT molecular complexity index is 496. The molecule has 1 aromatic rings. The van der Waals surface area contributed by atoms with Gasteiger partial charge in [-0.05, 0) is 18.4 Å². The Morgan fingerprint density at radius 3 is 2.30 bits per heavy atom. The Kier molecular flexibility index (Phi) is 7.07. The van der Waals surface area contributed by atoms with Crippen molar-refractivity contribution < 1.29 is 14.3 Å². The molecule has 0 N–H and O–H groups in total. The van der Waals surface area contributed by atoms with Gasteiger partial charge in [-0.15, -0.1) is 0 Å². The van der Waals surface area contributed by atoms with Gasteiger partial charge in [0.05, 0.1) is 20.2 Å². The molecule has 0 aromatic heterocycles. The third-order valence-electron chi connectivity index (χ3n) is 4.15. The van der Waals surface area contributed by atoms with Crippen molar-refractivity contribution in [2.75, 3.05) is 33.3 Å². The van der Waals surface area contributed by atoms with Crippen molar-refractivity contribution in [3.05, 3.63) is 35.9 Å². The molecule has 5 nitrogen and oxygen atoms in total. The number of methoxy groups -OCH3 is 1. The second-order valence-electron chi connectivity index (χ2n) is 6.00. The zero-order valence-electron chi connectivity index (χ0n) is 13.9. The molecule has 0 bridgehead atoms. The van der Waals surface area contributed by atoms with Crippen LogP contribution in [0.4, 0.5) is 0 Å². The maximum atomic E-state index is 12.6. The number of carbonyl (C=O) groups excluding carboxylic acids is 2. The summed E-state index contributed by atoms with van der Waals surface area (Å²) in [6, 6.07) is 9.88. The van der Waals surface area contributed by atoms with Crippen molar-refractivity contribution in [3.63, 3.8) is 0 Å². The number of ether oxygens (including phenoxy) is 1. The van der Waals surface area contributed by atoms with E-state index in [4.69, 9.17) is 4.74 Å². The van der Waals surface area contributed by atoms with Crippen molar-refractivity contribution in [3.8, 4) is 0 Å². The Hall–Kier alpha value is -1.88. The summed E-state index contributed by atoms with van der Waals surface area (Å²) in [7, 11) is 1.37. The predicted molar refractivity (Wildman–Crippen MR) is 88.8 cm³/mol. The van der Waals surface area contributed by atoms with Crippen molar-refractivity contribution >= 4 is 11.9 Å². The van der Waals surface area contributed by atoms with Crippen LogP contribution in [0.15, 0.2) is 30.3 Å². The molecule has 2 rings (SSSR count). The van der Waals surface area contributed by atoms with E-state index in [9.17, 15) is 9.59 Å². The summed E-state index contributed by atoms with van der Waals surface area (Å²) in [6.07, 6.45) is 4.53. The first kappa shape index (κ1) is 17.5. The van der Waals surface area contributed by atoms with Crippen molar-refractivity contribution in [1.82, 2.24) is 9.80 Å². The van der Waals surface area contributed by atoms with Crippen LogP contribution in [0.1, 0.15) is 31.2 Å². The van der Waals surface area contributed by atoms with Crippen LogP contribution in [0.3, 0.4) is 0 Å². The van der Waals surface area contributed by atoms with Gasteiger partial charge in [-0.25, -0.2) is 0 Å². The highest BCUT2D eigenvalue weighted by atomic mass is 16.5. The van der Waals surface area contributed by atoms with E-state index in [0.29, 0.717) is 6.54 Å². The Morgan fingerprint density at radius 1 is 1.04 bits per heavy atom. The van der Waals surface area contributed by atoms with Gasteiger partial charge in [0.15, 0.2) is 0 Å². The van der Waals surface area contributed by atoms with Crippen molar-refractivity contribution in [2.24, 2.45) is 0 Å². The van der Waals surface area contributed by atoms with Crippen LogP contribution < -0.4 is 0 Å². The highest BCUT2D eigenvalue weighted by Gasteiger charge is 2.20. The molecule has 5 heteroatoms. The van der Waals surface area contributed by atoms with Crippen LogP contribution in [0.2, 0.25) is 0 Å². The summed E-state index contributed by atoms with van der Waals surface area (Å²) in [5, 5.41) is 0. The summed E-state index contributed by atoms with van der Waals surface area (Å²) in [5.74, 6) is -0.212. The van der Waals surface area contributed by atoms with Crippen LogP contribution in [-0.4, -0.2) is 55.0 Å². The van der Waals surface area contributed by atoms with Crippen LogP contribution in [0.25, 0.3) is 0 Å². The summed E-state index contributed by atoms with van der Waals surface area (Å²) in [4.78, 5) is 28.0. The number of nitrogens with zero attached hydrogens (tertiary/aromatic N) is 2. The topological polar surface area (TPSA) is 49.9 Å². The average Bonchev–Trinajstić information content (AvgIpc) is 2.85. The molecular weight excluding hydrogens is 292 g/mol. The number of likely N-dealkylation sites (tertiary alicyclic amines) is 1. The molecule has 1 heterocycles. The number of hydrogen-bond donors (Lipinski definition) is 0. The van der Waals surface area contributed by atoms with Crippen molar-refractivity contribution in [2.45, 2.75) is 32.2 Å². The molecule has 0 spiro atoms. The third-order valence-corrected chi connectivity index (χ3v) is 4.15. The molecule has 0 aliphatic carbocycles. The molecule has 0 radical (unpaired) electrons. The molecule has 0 atom stereocenters. The zero-order chi connectivity index (χ0) is 16.5. The third kappa shape index (κ3) is 6.02. The number of benzene rings is 1. The number of amides is 1. The Morgan fingerprint density at radius 2 is 1.70 bits per heavy atom. The predicted octanol–water partition coefficient (Wildman–Crippen LogP) is 2.06. The quantitative estimate of drug-likeness (QED) is 0.754. The molecule has 23 heavy (non-hydrogen) atoms. The number of rotatable bonds is 6. The maximum Gasteiger partial charge on any atom is 0.319 e. The second kappa shape index (κ2) is 9.30. The number of esters is 1. The highest BCUT2D eigenvalue weighted by molar-refractivity contribution is 5.79. The molecule has 1 aromatic carbocycles. The molecule has 1 amide bonds. The monoisotopic (exact) mass is 318 g/mol. The highest BCUT2D eigenvalue weighted by Crippen LogP contribution is 2.11. The van der Waals surface area contributed by atoms with Gasteiger partial charge in [-0.2, -0.15) is 0 Å². The lowest BCUT2D eigenvalue weighted by Crippen LogP contribution is -2.42. The maximum absolute atomic E-state index is 12.6. The smallest absolute Gasteiger partial charge is 0.319 e. The summed E-state index contributed by atoms with van der Waals surface area (Å²) < 4.78 is 4.76. The minimum absolute atomic E-state index is 0.103. The van der Waals surface area contributed by atoms with Gasteiger partial charge in [0.2, 0.25) is 5.91 Å². The van der Waals surface area contributed by atoms with Gasteiger partial charge in [0.1, 0.15) is 0 Å². The minimum Gasteiger partial charge on any atom is -0.468 e. The lowest BCUT2D eigenvalue weighted by molar-refractivity contribution is -0.143. The van der Waals surface area contributed by atoms with Gasteiger partial charge in [0, 0.05) is 19.6 Å². The van der Waals surface area contributed by atoms with E-state index in [-0.39, 0.29) is 25.0 Å². The van der Waals surface area contributed by atoms with E-state index < -0.39 is 0 Å². The fraction of sp³-hybridized carbons (Fsp3) is 0.556. The first-order chi connectivity index (χ1) is 11.2. The van der Waals surface area contributed by atoms with Crippen LogP contribution in [0, 0.1) is 0 Å². The summed E-state index contributed by atoms with van der Waals surface area (Å²) in [6.45, 7) is 2.61. The normalized spacial score (nSPS) is 15.3. The fourth-order valence-electron chi connectivity index (χ4n) is 2.87. The first-order valence-electron chi connectivity index (χ1n) is 8.30. The lowest BCUT2D eigenvalue weighted by Gasteiger charge is -2.26. The van der Waals surface area contributed by atoms with Crippen LogP contribution in [0.5, 0.6) is 0 Å². The lowest BCUT2D eigenvalue weighted by atomic mass is 10.2. The Labute approximate surface area is 138 Å². The molecule has 1 aliphatic rings. The minimum atomic E-state index is -0.315. The molecule has 1 saturated heterocycles. The number of hydrogen-bond acceptors (Lipinski definition) is 4. The van der Waals surface area contributed by atoms with Crippen molar-refractivity contribution in [1.29, 1.82) is 0 Å². The molecule has 0 saturated carbocycles. The number of carbonyl (C=O) groups is 2. The van der Waals surface area contributed by atoms with E-state index >= 15 is 0 Å². The van der Waals surface area contributed by atoms with Crippen LogP contribution >= 0.6 is 0 Å². The SMILES string of the molecule is COC(=O)CN(CC(=O)N1CCCCCC1)Cc1ccccc1. The summed E-state index contributed by atoms with van der Waals surface area (Å²) in [5.41, 5.74) is 1.08. The molecule has 0 unspecified atom stereocenters. The van der Waals surface area contributed by atoms with Gasteiger partial charge in [-0.1, -0.05) is 43.2 Å². The van der Waals surface area contributed by atoms with E-state index in [1.54, 1.807) is 0 Å². The van der Waals surface area contributed by atoms with Gasteiger partial charge in [0.25, 0.3) is 0 Å². The summed E-state index contributed by atoms with van der Waals surface area (Å²) >= 11 is 0. The van der Waals surface area contributed by atoms with E-state index in [1.165, 1.54) is 20.0 Å². The zero-order valence-corrected chi connectivity index (χ0v) is 13.9. The Balaban J connectivity index is 1.97. The van der Waals surface area contributed by atoms with E-state index in [0.717, 1.165) is 31.5 Å². The first-order valence-corrected chi connectivity index (χ1v) is 8.30. The second-order valence-corrected chi connectivity index (χ2v) is 6.00. The molecule has 1 fully saturated rings. The average molecular weight is 318 g/mol. The van der Waals surface area contributed by atoms with E-state index in [2.05, 4.69) is 0 Å². The molecule has 126 valence electrons. The molecule has 1 aliphatic heterocycles. The largest absolute Gasteiger partial charge is 0.468 e.